The van der Waals surface area contributed by atoms with Crippen molar-refractivity contribution in [2.45, 2.75) is 13.3 Å². The average Bonchev–Trinajstić information content (AvgIpc) is 2.82. The molecule has 0 saturated carbocycles. The van der Waals surface area contributed by atoms with Crippen molar-refractivity contribution in [3.63, 3.8) is 0 Å². The predicted molar refractivity (Wildman–Crippen MR) is 123 cm³/mol. The second-order valence-corrected chi connectivity index (χ2v) is 6.84. The average molecular weight is 431 g/mol. The number of nitrogens with one attached hydrogen (secondary N) is 2. The van der Waals surface area contributed by atoms with Gasteiger partial charge in [-0.25, -0.2) is 5.43 Å². The summed E-state index contributed by atoms with van der Waals surface area (Å²) in [6, 6.07) is 23.5. The Labute approximate surface area is 187 Å². The minimum Gasteiger partial charge on any atom is -0.494 e. The molecule has 0 heterocycles. The van der Waals surface area contributed by atoms with E-state index in [-0.39, 0.29) is 12.5 Å². The van der Waals surface area contributed by atoms with Gasteiger partial charge in [-0.05, 0) is 60.5 Å². The molecule has 164 valence electrons. The fraction of sp³-hybridized carbons (Fsp3) is 0.160. The van der Waals surface area contributed by atoms with Gasteiger partial charge in [-0.1, -0.05) is 37.3 Å². The van der Waals surface area contributed by atoms with Gasteiger partial charge < -0.3 is 14.8 Å². The summed E-state index contributed by atoms with van der Waals surface area (Å²) in [7, 11) is 0. The van der Waals surface area contributed by atoms with Crippen LogP contribution in [0.1, 0.15) is 29.3 Å². The predicted octanol–water partition coefficient (Wildman–Crippen LogP) is 4.15. The zero-order valence-corrected chi connectivity index (χ0v) is 17.8. The van der Waals surface area contributed by atoms with E-state index in [0.29, 0.717) is 23.7 Å². The molecule has 7 nitrogen and oxygen atoms in total. The van der Waals surface area contributed by atoms with Crippen LogP contribution in [-0.4, -0.2) is 31.2 Å². The van der Waals surface area contributed by atoms with Gasteiger partial charge in [0.2, 0.25) is 0 Å². The van der Waals surface area contributed by atoms with Gasteiger partial charge in [-0.3, -0.25) is 9.59 Å². The minimum atomic E-state index is -0.436. The monoisotopic (exact) mass is 431 g/mol. The lowest BCUT2D eigenvalue weighted by Gasteiger charge is -2.07. The molecule has 0 radical (unpaired) electrons. The fourth-order valence-corrected chi connectivity index (χ4v) is 2.69. The van der Waals surface area contributed by atoms with Crippen LogP contribution in [0.25, 0.3) is 0 Å². The minimum absolute atomic E-state index is 0.193. The Morgan fingerprint density at radius 1 is 0.906 bits per heavy atom. The van der Waals surface area contributed by atoms with Crippen molar-refractivity contribution in [2.24, 2.45) is 5.10 Å². The smallest absolute Gasteiger partial charge is 0.259 e. The van der Waals surface area contributed by atoms with Gasteiger partial charge in [0.25, 0.3) is 11.8 Å². The van der Waals surface area contributed by atoms with E-state index in [2.05, 4.69) is 15.8 Å². The van der Waals surface area contributed by atoms with Crippen molar-refractivity contribution < 1.29 is 19.1 Å². The van der Waals surface area contributed by atoms with Gasteiger partial charge in [-0.2, -0.15) is 5.10 Å². The summed E-state index contributed by atoms with van der Waals surface area (Å²) < 4.78 is 11.3. The van der Waals surface area contributed by atoms with Crippen molar-refractivity contribution in [2.75, 3.05) is 13.2 Å². The number of hydrazone groups is 1. The van der Waals surface area contributed by atoms with Crippen molar-refractivity contribution >= 4 is 18.0 Å². The highest BCUT2D eigenvalue weighted by molar-refractivity contribution is 5.96. The standard InChI is InChI=1S/C25H25N3O4/c1-2-15-31-21-13-11-20(12-14-21)25(30)26-18-24(29)28-27-17-19-7-6-10-23(16-19)32-22-8-4-3-5-9-22/h3-14,16-17H,2,15,18H2,1H3,(H,26,30)(H,28,29). The SMILES string of the molecule is CCCOc1ccc(C(=O)NCC(=O)NN=Cc2cccc(Oc3ccccc3)c2)cc1. The van der Waals surface area contributed by atoms with Gasteiger partial charge in [0.05, 0.1) is 19.4 Å². The number of para-hydroxylation sites is 1. The second kappa shape index (κ2) is 11.9. The molecule has 0 aliphatic carbocycles. The summed E-state index contributed by atoms with van der Waals surface area (Å²) in [5, 5.41) is 6.49. The van der Waals surface area contributed by atoms with Crippen LogP contribution in [0.3, 0.4) is 0 Å². The van der Waals surface area contributed by atoms with Crippen molar-refractivity contribution in [3.05, 3.63) is 90.0 Å². The highest BCUT2D eigenvalue weighted by atomic mass is 16.5. The Morgan fingerprint density at radius 2 is 1.66 bits per heavy atom. The van der Waals surface area contributed by atoms with E-state index < -0.39 is 5.91 Å². The van der Waals surface area contributed by atoms with Crippen molar-refractivity contribution in [1.29, 1.82) is 0 Å². The fourth-order valence-electron chi connectivity index (χ4n) is 2.69. The van der Waals surface area contributed by atoms with E-state index in [9.17, 15) is 9.59 Å². The van der Waals surface area contributed by atoms with Gasteiger partial charge >= 0.3 is 0 Å². The van der Waals surface area contributed by atoms with Crippen molar-refractivity contribution in [3.8, 4) is 17.2 Å². The van der Waals surface area contributed by atoms with E-state index in [1.165, 1.54) is 6.21 Å². The van der Waals surface area contributed by atoms with Crippen LogP contribution in [0.4, 0.5) is 0 Å². The molecule has 0 aliphatic rings. The molecule has 0 spiro atoms. The summed E-state index contributed by atoms with van der Waals surface area (Å²) >= 11 is 0. The molecule has 0 bridgehead atoms. The van der Waals surface area contributed by atoms with E-state index >= 15 is 0 Å². The van der Waals surface area contributed by atoms with Crippen molar-refractivity contribution in [1.82, 2.24) is 10.7 Å². The molecule has 0 saturated heterocycles. The van der Waals surface area contributed by atoms with E-state index in [1.54, 1.807) is 30.3 Å². The van der Waals surface area contributed by atoms with Crippen LogP contribution >= 0.6 is 0 Å². The maximum atomic E-state index is 12.2. The third kappa shape index (κ3) is 7.28. The van der Waals surface area contributed by atoms with Crippen LogP contribution < -0.4 is 20.2 Å². The quantitative estimate of drug-likeness (QED) is 0.373. The molecule has 0 atom stereocenters. The van der Waals surface area contributed by atoms with Gasteiger partial charge in [0.1, 0.15) is 17.2 Å². The molecule has 0 unspecified atom stereocenters. The number of benzene rings is 3. The van der Waals surface area contributed by atoms with E-state index in [4.69, 9.17) is 9.47 Å². The molecule has 2 N–H and O–H groups in total. The van der Waals surface area contributed by atoms with Gasteiger partial charge in [0.15, 0.2) is 0 Å². The first-order chi connectivity index (χ1) is 15.6. The summed E-state index contributed by atoms with van der Waals surface area (Å²) in [5.41, 5.74) is 3.60. The number of carbonyl (C=O) groups excluding carboxylic acids is 2. The molecule has 32 heavy (non-hydrogen) atoms. The first kappa shape index (κ1) is 22.6. The Bertz CT molecular complexity index is 1050. The number of rotatable bonds is 10. The topological polar surface area (TPSA) is 89.0 Å². The van der Waals surface area contributed by atoms with Crippen LogP contribution in [0.5, 0.6) is 17.2 Å². The van der Waals surface area contributed by atoms with Gasteiger partial charge in [-0.15, -0.1) is 0 Å². The molecular formula is C25H25N3O4. The molecule has 0 aliphatic heterocycles. The second-order valence-electron chi connectivity index (χ2n) is 6.84. The lowest BCUT2D eigenvalue weighted by atomic mass is 10.2. The summed E-state index contributed by atoms with van der Waals surface area (Å²) in [6.45, 7) is 2.45. The molecule has 3 aromatic carbocycles. The zero-order chi connectivity index (χ0) is 22.6. The van der Waals surface area contributed by atoms with Crippen LogP contribution in [0.2, 0.25) is 0 Å². The summed E-state index contributed by atoms with van der Waals surface area (Å²) in [4.78, 5) is 24.1. The molecule has 0 fully saturated rings. The third-order valence-corrected chi connectivity index (χ3v) is 4.24. The lowest BCUT2D eigenvalue weighted by molar-refractivity contribution is -0.120. The highest BCUT2D eigenvalue weighted by Crippen LogP contribution is 2.21. The Morgan fingerprint density at radius 3 is 2.41 bits per heavy atom. The molecule has 3 rings (SSSR count). The van der Waals surface area contributed by atoms with E-state index in [0.717, 1.165) is 17.7 Å². The number of nitrogens with zero attached hydrogens (tertiary/aromatic N) is 1. The Balaban J connectivity index is 1.44. The lowest BCUT2D eigenvalue weighted by Crippen LogP contribution is -2.34. The molecular weight excluding hydrogens is 406 g/mol. The molecule has 2 amide bonds. The summed E-state index contributed by atoms with van der Waals surface area (Å²) in [5.74, 6) is 1.30. The van der Waals surface area contributed by atoms with E-state index in [1.807, 2.05) is 55.5 Å². The number of carbonyl (C=O) groups is 2. The van der Waals surface area contributed by atoms with Crippen LogP contribution in [0, 0.1) is 0 Å². The normalized spacial score (nSPS) is 10.5. The largest absolute Gasteiger partial charge is 0.494 e. The first-order valence-electron chi connectivity index (χ1n) is 10.3. The molecule has 0 aromatic heterocycles. The number of ether oxygens (including phenoxy) is 2. The highest BCUT2D eigenvalue weighted by Gasteiger charge is 2.08. The third-order valence-electron chi connectivity index (χ3n) is 4.24. The number of amides is 2. The summed E-state index contributed by atoms with van der Waals surface area (Å²) in [6.07, 6.45) is 2.42. The maximum absolute atomic E-state index is 12.2. The Kier molecular flexibility index (Phi) is 8.39. The van der Waals surface area contributed by atoms with Gasteiger partial charge in [0, 0.05) is 5.56 Å². The molecule has 7 heteroatoms. The Hall–Kier alpha value is -4.13. The number of hydrogen-bond donors (Lipinski definition) is 2. The maximum Gasteiger partial charge on any atom is 0.259 e. The number of hydrogen-bond acceptors (Lipinski definition) is 5. The zero-order valence-electron chi connectivity index (χ0n) is 17.8. The first-order valence-corrected chi connectivity index (χ1v) is 10.3. The molecule has 3 aromatic rings. The van der Waals surface area contributed by atoms with Crippen LogP contribution in [-0.2, 0) is 4.79 Å². The van der Waals surface area contributed by atoms with Crippen LogP contribution in [0.15, 0.2) is 84.0 Å².